The van der Waals surface area contributed by atoms with Crippen LogP contribution in [0.15, 0.2) is 18.2 Å². The van der Waals surface area contributed by atoms with Gasteiger partial charge in [0.1, 0.15) is 5.01 Å². The molecule has 1 heterocycles. The van der Waals surface area contributed by atoms with Crippen molar-refractivity contribution in [3.8, 4) is 0 Å². The molecule has 0 saturated heterocycles. The van der Waals surface area contributed by atoms with Gasteiger partial charge in [0, 0.05) is 16.5 Å². The molecule has 2 aromatic rings. The van der Waals surface area contributed by atoms with Crippen LogP contribution < -0.4 is 5.73 Å². The lowest BCUT2D eigenvalue weighted by molar-refractivity contribution is 0.428. The van der Waals surface area contributed by atoms with Crippen LogP contribution in [0.5, 0.6) is 0 Å². The number of rotatable bonds is 1. The maximum atomic E-state index is 6.24. The van der Waals surface area contributed by atoms with E-state index in [9.17, 15) is 0 Å². The van der Waals surface area contributed by atoms with Gasteiger partial charge in [0.05, 0.1) is 10.2 Å². The first kappa shape index (κ1) is 11.5. The normalized spacial score (nSPS) is 29.0. The van der Waals surface area contributed by atoms with E-state index in [1.165, 1.54) is 16.1 Å². The summed E-state index contributed by atoms with van der Waals surface area (Å²) >= 11 is 7.75. The fraction of sp³-hybridized carbons (Fsp3) is 0.462. The monoisotopic (exact) mass is 266 g/mol. The number of nitrogens with two attached hydrogens (primary N) is 1. The summed E-state index contributed by atoms with van der Waals surface area (Å²) in [6.07, 6.45) is 3.45. The van der Waals surface area contributed by atoms with Crippen LogP contribution in [0.1, 0.15) is 31.2 Å². The zero-order valence-electron chi connectivity index (χ0n) is 9.74. The van der Waals surface area contributed by atoms with Crippen molar-refractivity contribution >= 4 is 33.2 Å². The average molecular weight is 267 g/mol. The Balaban J connectivity index is 2.12. The molecule has 4 heteroatoms. The minimum atomic E-state index is 0.0517. The van der Waals surface area contributed by atoms with Gasteiger partial charge >= 0.3 is 0 Å². The Kier molecular flexibility index (Phi) is 2.65. The van der Waals surface area contributed by atoms with Crippen molar-refractivity contribution in [3.63, 3.8) is 0 Å². The largest absolute Gasteiger partial charge is 0.327 e. The van der Waals surface area contributed by atoms with Gasteiger partial charge in [-0.3, -0.25) is 0 Å². The van der Waals surface area contributed by atoms with Gasteiger partial charge in [-0.25, -0.2) is 4.98 Å². The standard InChI is InChI=1S/C13H15ClN2S/c1-13(6-2-3-11(13)15)12-16-9-7-8(14)4-5-10(9)17-12/h4-5,7,11H,2-3,6,15H2,1H3. The highest BCUT2D eigenvalue weighted by molar-refractivity contribution is 7.18. The topological polar surface area (TPSA) is 38.9 Å². The van der Waals surface area contributed by atoms with Crippen molar-refractivity contribution in [2.24, 2.45) is 5.73 Å². The van der Waals surface area contributed by atoms with Crippen LogP contribution in [0.2, 0.25) is 5.02 Å². The lowest BCUT2D eigenvalue weighted by atomic mass is 9.86. The molecule has 2 atom stereocenters. The van der Waals surface area contributed by atoms with Crippen molar-refractivity contribution in [1.29, 1.82) is 0 Å². The first-order chi connectivity index (χ1) is 8.09. The summed E-state index contributed by atoms with van der Waals surface area (Å²) in [7, 11) is 0. The summed E-state index contributed by atoms with van der Waals surface area (Å²) in [6, 6.07) is 6.13. The first-order valence-electron chi connectivity index (χ1n) is 5.92. The molecule has 1 aliphatic rings. The molecule has 1 aromatic heterocycles. The summed E-state index contributed by atoms with van der Waals surface area (Å²) < 4.78 is 1.20. The molecule has 90 valence electrons. The van der Waals surface area contributed by atoms with Crippen LogP contribution >= 0.6 is 22.9 Å². The molecule has 1 saturated carbocycles. The van der Waals surface area contributed by atoms with Gasteiger partial charge in [0.15, 0.2) is 0 Å². The third-order valence-corrected chi connectivity index (χ3v) is 5.42. The number of hydrogen-bond acceptors (Lipinski definition) is 3. The predicted molar refractivity (Wildman–Crippen MR) is 73.8 cm³/mol. The Hall–Kier alpha value is -0.640. The SMILES string of the molecule is CC1(c2nc3cc(Cl)ccc3s2)CCCC1N. The quantitative estimate of drug-likeness (QED) is 0.854. The van der Waals surface area contributed by atoms with E-state index in [0.717, 1.165) is 23.4 Å². The molecule has 0 aliphatic heterocycles. The van der Waals surface area contributed by atoms with E-state index in [2.05, 4.69) is 6.92 Å². The summed E-state index contributed by atoms with van der Waals surface area (Å²) in [4.78, 5) is 4.73. The van der Waals surface area contributed by atoms with Gasteiger partial charge in [0.25, 0.3) is 0 Å². The molecule has 1 aliphatic carbocycles. The van der Waals surface area contributed by atoms with E-state index in [4.69, 9.17) is 22.3 Å². The first-order valence-corrected chi connectivity index (χ1v) is 7.11. The summed E-state index contributed by atoms with van der Waals surface area (Å²) in [5.41, 5.74) is 7.29. The third kappa shape index (κ3) is 1.77. The van der Waals surface area contributed by atoms with Gasteiger partial charge < -0.3 is 5.73 Å². The maximum absolute atomic E-state index is 6.24. The highest BCUT2D eigenvalue weighted by Crippen LogP contribution is 2.42. The second-order valence-electron chi connectivity index (χ2n) is 5.05. The van der Waals surface area contributed by atoms with Crippen LogP contribution in [0, 0.1) is 0 Å². The highest BCUT2D eigenvalue weighted by Gasteiger charge is 2.40. The minimum absolute atomic E-state index is 0.0517. The second-order valence-corrected chi connectivity index (χ2v) is 6.51. The molecule has 17 heavy (non-hydrogen) atoms. The molecular formula is C13H15ClN2S. The Morgan fingerprint density at radius 1 is 1.53 bits per heavy atom. The number of aromatic nitrogens is 1. The van der Waals surface area contributed by atoms with Gasteiger partial charge in [-0.1, -0.05) is 24.9 Å². The van der Waals surface area contributed by atoms with E-state index in [0.29, 0.717) is 0 Å². The molecule has 2 N–H and O–H groups in total. The van der Waals surface area contributed by atoms with Crippen molar-refractivity contribution in [3.05, 3.63) is 28.2 Å². The fourth-order valence-corrected chi connectivity index (χ4v) is 3.95. The minimum Gasteiger partial charge on any atom is -0.327 e. The van der Waals surface area contributed by atoms with Gasteiger partial charge in [-0.15, -0.1) is 11.3 Å². The Morgan fingerprint density at radius 2 is 2.35 bits per heavy atom. The number of hydrogen-bond donors (Lipinski definition) is 1. The smallest absolute Gasteiger partial charge is 0.101 e. The number of benzene rings is 1. The van der Waals surface area contributed by atoms with Crippen molar-refractivity contribution in [2.45, 2.75) is 37.6 Å². The second kappa shape index (κ2) is 3.94. The van der Waals surface area contributed by atoms with Gasteiger partial charge in [0.2, 0.25) is 0 Å². The lowest BCUT2D eigenvalue weighted by Crippen LogP contribution is -2.38. The van der Waals surface area contributed by atoms with Gasteiger partial charge in [-0.2, -0.15) is 0 Å². The van der Waals surface area contributed by atoms with Crippen molar-refractivity contribution < 1.29 is 0 Å². The molecule has 2 unspecified atom stereocenters. The molecular weight excluding hydrogens is 252 g/mol. The van der Waals surface area contributed by atoms with E-state index in [1.807, 2.05) is 18.2 Å². The summed E-state index contributed by atoms with van der Waals surface area (Å²) in [6.45, 7) is 2.24. The Bertz CT molecular complexity index is 566. The molecule has 0 radical (unpaired) electrons. The fourth-order valence-electron chi connectivity index (χ4n) is 2.60. The number of nitrogens with zero attached hydrogens (tertiary/aromatic N) is 1. The molecule has 2 nitrogen and oxygen atoms in total. The van der Waals surface area contributed by atoms with Crippen LogP contribution in [0.3, 0.4) is 0 Å². The molecule has 1 aromatic carbocycles. The Morgan fingerprint density at radius 3 is 3.06 bits per heavy atom. The van der Waals surface area contributed by atoms with E-state index in [1.54, 1.807) is 11.3 Å². The zero-order chi connectivity index (χ0) is 12.0. The number of fused-ring (bicyclic) bond motifs is 1. The van der Waals surface area contributed by atoms with E-state index in [-0.39, 0.29) is 11.5 Å². The Labute approximate surface area is 110 Å². The molecule has 0 spiro atoms. The van der Waals surface area contributed by atoms with Crippen LogP contribution in [0.25, 0.3) is 10.2 Å². The van der Waals surface area contributed by atoms with Crippen molar-refractivity contribution in [1.82, 2.24) is 4.98 Å². The van der Waals surface area contributed by atoms with Gasteiger partial charge in [-0.05, 0) is 31.0 Å². The third-order valence-electron chi connectivity index (χ3n) is 3.87. The summed E-state index contributed by atoms with van der Waals surface area (Å²) in [5, 5.41) is 1.91. The zero-order valence-corrected chi connectivity index (χ0v) is 11.3. The maximum Gasteiger partial charge on any atom is 0.101 e. The van der Waals surface area contributed by atoms with E-state index >= 15 is 0 Å². The average Bonchev–Trinajstić information content (AvgIpc) is 2.84. The van der Waals surface area contributed by atoms with E-state index < -0.39 is 0 Å². The predicted octanol–water partition coefficient (Wildman–Crippen LogP) is 3.72. The van der Waals surface area contributed by atoms with Crippen LogP contribution in [-0.2, 0) is 5.41 Å². The lowest BCUT2D eigenvalue weighted by Gasteiger charge is -2.26. The summed E-state index contributed by atoms with van der Waals surface area (Å²) in [5.74, 6) is 0. The molecule has 0 amide bonds. The van der Waals surface area contributed by atoms with Crippen molar-refractivity contribution in [2.75, 3.05) is 0 Å². The number of halogens is 1. The molecule has 3 rings (SSSR count). The van der Waals surface area contributed by atoms with Crippen LogP contribution in [0.4, 0.5) is 0 Å². The van der Waals surface area contributed by atoms with Crippen LogP contribution in [-0.4, -0.2) is 11.0 Å². The molecule has 0 bridgehead atoms. The molecule has 1 fully saturated rings. The number of thiazole rings is 1. The highest BCUT2D eigenvalue weighted by atomic mass is 35.5.